The first-order valence-electron chi connectivity index (χ1n) is 9.15. The second-order valence-electron chi connectivity index (χ2n) is 7.10. The molecule has 2 aromatic rings. The van der Waals surface area contributed by atoms with Gasteiger partial charge in [-0.1, -0.05) is 61.9 Å². The largest absolute Gasteiger partial charge is 0.497 e. The highest BCUT2D eigenvalue weighted by Crippen LogP contribution is 2.32. The quantitative estimate of drug-likeness (QED) is 0.813. The molecule has 2 aromatic carbocycles. The molecule has 0 heterocycles. The molecule has 2 heteroatoms. The number of hydrogen-bond donors (Lipinski definition) is 1. The fourth-order valence-corrected chi connectivity index (χ4v) is 3.60. The molecule has 0 radical (unpaired) electrons. The molecule has 130 valence electrons. The van der Waals surface area contributed by atoms with Gasteiger partial charge >= 0.3 is 0 Å². The van der Waals surface area contributed by atoms with Gasteiger partial charge in [-0.15, -0.1) is 0 Å². The van der Waals surface area contributed by atoms with Crippen LogP contribution in [-0.4, -0.2) is 12.6 Å². The molecule has 1 aliphatic rings. The Morgan fingerprint density at radius 2 is 1.88 bits per heavy atom. The van der Waals surface area contributed by atoms with Crippen molar-refractivity contribution >= 4 is 0 Å². The van der Waals surface area contributed by atoms with Crippen molar-refractivity contribution in [1.82, 2.24) is 5.32 Å². The summed E-state index contributed by atoms with van der Waals surface area (Å²) in [5.41, 5.74) is 2.26. The molecule has 1 fully saturated rings. The molecule has 0 aliphatic heterocycles. The van der Waals surface area contributed by atoms with E-state index in [-0.39, 0.29) is 5.54 Å². The first kappa shape index (κ1) is 17.6. The molecule has 1 N–H and O–H groups in total. The van der Waals surface area contributed by atoms with Crippen LogP contribution in [0.15, 0.2) is 54.6 Å². The van der Waals surface area contributed by atoms with Crippen LogP contribution < -0.4 is 10.1 Å². The van der Waals surface area contributed by atoms with Gasteiger partial charge in [0.25, 0.3) is 0 Å². The third kappa shape index (κ3) is 4.87. The van der Waals surface area contributed by atoms with Crippen molar-refractivity contribution in [3.8, 4) is 17.6 Å². The van der Waals surface area contributed by atoms with E-state index < -0.39 is 0 Å². The number of methoxy groups -OCH3 is 1. The molecular formula is C23H27NO. The van der Waals surface area contributed by atoms with Crippen molar-refractivity contribution in [1.29, 1.82) is 0 Å². The van der Waals surface area contributed by atoms with Gasteiger partial charge in [0.2, 0.25) is 0 Å². The molecular weight excluding hydrogens is 306 g/mol. The Balaban J connectivity index is 1.76. The number of ether oxygens (including phenoxy) is 1. The van der Waals surface area contributed by atoms with Gasteiger partial charge in [-0.2, -0.15) is 0 Å². The van der Waals surface area contributed by atoms with E-state index in [4.69, 9.17) is 4.74 Å². The summed E-state index contributed by atoms with van der Waals surface area (Å²) in [6.07, 6.45) is 4.77. The Labute approximate surface area is 151 Å². The van der Waals surface area contributed by atoms with Crippen LogP contribution in [0.1, 0.15) is 43.7 Å². The smallest absolute Gasteiger partial charge is 0.118 e. The van der Waals surface area contributed by atoms with E-state index in [1.54, 1.807) is 7.11 Å². The van der Waals surface area contributed by atoms with Gasteiger partial charge in [0.15, 0.2) is 0 Å². The van der Waals surface area contributed by atoms with E-state index in [0.717, 1.165) is 30.7 Å². The van der Waals surface area contributed by atoms with Crippen LogP contribution in [0.3, 0.4) is 0 Å². The maximum atomic E-state index is 5.24. The molecule has 0 aromatic heterocycles. The minimum atomic E-state index is -0.0898. The average molecular weight is 333 g/mol. The Morgan fingerprint density at radius 3 is 2.56 bits per heavy atom. The molecule has 1 aliphatic carbocycles. The SMILES string of the molecule is COc1ccc(CNC2(C#Cc3ccccc3)CCCC(C)C2)cc1. The monoisotopic (exact) mass is 333 g/mol. The second-order valence-corrected chi connectivity index (χ2v) is 7.10. The van der Waals surface area contributed by atoms with E-state index in [1.807, 2.05) is 30.3 Å². The molecule has 25 heavy (non-hydrogen) atoms. The normalized spacial score (nSPS) is 22.7. The zero-order valence-electron chi connectivity index (χ0n) is 15.2. The summed E-state index contributed by atoms with van der Waals surface area (Å²) in [6.45, 7) is 3.17. The summed E-state index contributed by atoms with van der Waals surface area (Å²) in [7, 11) is 1.70. The molecule has 0 spiro atoms. The highest BCUT2D eigenvalue weighted by molar-refractivity contribution is 5.37. The van der Waals surface area contributed by atoms with Crippen LogP contribution >= 0.6 is 0 Å². The van der Waals surface area contributed by atoms with Gasteiger partial charge in [0.1, 0.15) is 5.75 Å². The molecule has 0 amide bonds. The third-order valence-electron chi connectivity index (χ3n) is 5.01. The number of benzene rings is 2. The van der Waals surface area contributed by atoms with E-state index in [9.17, 15) is 0 Å². The summed E-state index contributed by atoms with van der Waals surface area (Å²) in [5.74, 6) is 8.59. The Kier molecular flexibility index (Phi) is 5.79. The van der Waals surface area contributed by atoms with Crippen LogP contribution in [0.5, 0.6) is 5.75 Å². The minimum Gasteiger partial charge on any atom is -0.497 e. The number of nitrogens with one attached hydrogen (secondary N) is 1. The van der Waals surface area contributed by atoms with Gasteiger partial charge in [-0.3, -0.25) is 5.32 Å². The predicted molar refractivity (Wildman–Crippen MR) is 104 cm³/mol. The van der Waals surface area contributed by atoms with Crippen molar-refractivity contribution in [2.75, 3.05) is 7.11 Å². The molecule has 3 rings (SSSR count). The summed E-state index contributed by atoms with van der Waals surface area (Å²) in [5, 5.41) is 3.78. The first-order valence-corrected chi connectivity index (χ1v) is 9.15. The van der Waals surface area contributed by atoms with E-state index >= 15 is 0 Å². The predicted octanol–water partition coefficient (Wildman–Crippen LogP) is 4.79. The van der Waals surface area contributed by atoms with Crippen LogP contribution in [0.25, 0.3) is 0 Å². The molecule has 2 nitrogen and oxygen atoms in total. The molecule has 2 unspecified atom stereocenters. The van der Waals surface area contributed by atoms with E-state index in [2.05, 4.69) is 48.3 Å². The van der Waals surface area contributed by atoms with E-state index in [1.165, 1.54) is 18.4 Å². The van der Waals surface area contributed by atoms with Gasteiger partial charge < -0.3 is 4.74 Å². The zero-order valence-corrected chi connectivity index (χ0v) is 15.2. The molecule has 2 atom stereocenters. The molecule has 0 saturated heterocycles. The minimum absolute atomic E-state index is 0.0898. The fraction of sp³-hybridized carbons (Fsp3) is 0.391. The van der Waals surface area contributed by atoms with Crippen LogP contribution in [0.2, 0.25) is 0 Å². The average Bonchev–Trinajstić information content (AvgIpc) is 2.66. The van der Waals surface area contributed by atoms with Gasteiger partial charge in [0, 0.05) is 12.1 Å². The van der Waals surface area contributed by atoms with Crippen LogP contribution in [0.4, 0.5) is 0 Å². The highest BCUT2D eigenvalue weighted by Gasteiger charge is 2.32. The third-order valence-corrected chi connectivity index (χ3v) is 5.01. The van der Waals surface area contributed by atoms with Gasteiger partial charge in [-0.05, 0) is 48.6 Å². The van der Waals surface area contributed by atoms with Crippen LogP contribution in [0, 0.1) is 17.8 Å². The lowest BCUT2D eigenvalue weighted by Crippen LogP contribution is -2.47. The van der Waals surface area contributed by atoms with Crippen LogP contribution in [-0.2, 0) is 6.54 Å². The summed E-state index contributed by atoms with van der Waals surface area (Å²) < 4.78 is 5.24. The summed E-state index contributed by atoms with van der Waals surface area (Å²) >= 11 is 0. The standard InChI is InChI=1S/C23H27NO/c1-19-7-6-15-23(17-19,16-14-20-8-4-3-5-9-20)24-18-21-10-12-22(25-2)13-11-21/h3-5,8-13,19,24H,6-7,15,17-18H2,1-2H3. The number of rotatable bonds is 4. The molecule has 0 bridgehead atoms. The van der Waals surface area contributed by atoms with Gasteiger partial charge in [0.05, 0.1) is 12.6 Å². The lowest BCUT2D eigenvalue weighted by molar-refractivity contribution is 0.242. The Bertz CT molecular complexity index is 726. The maximum absolute atomic E-state index is 5.24. The lowest BCUT2D eigenvalue weighted by Gasteiger charge is -2.37. The summed E-state index contributed by atoms with van der Waals surface area (Å²) in [4.78, 5) is 0. The lowest BCUT2D eigenvalue weighted by atomic mass is 9.76. The maximum Gasteiger partial charge on any atom is 0.118 e. The number of hydrogen-bond acceptors (Lipinski definition) is 2. The fourth-order valence-electron chi connectivity index (χ4n) is 3.60. The molecule has 1 saturated carbocycles. The second kappa shape index (κ2) is 8.23. The van der Waals surface area contributed by atoms with Crippen molar-refractivity contribution < 1.29 is 4.74 Å². The Hall–Kier alpha value is -2.24. The van der Waals surface area contributed by atoms with E-state index in [0.29, 0.717) is 5.92 Å². The van der Waals surface area contributed by atoms with Crippen molar-refractivity contribution in [2.45, 2.75) is 44.7 Å². The van der Waals surface area contributed by atoms with Crippen molar-refractivity contribution in [3.05, 3.63) is 65.7 Å². The summed E-state index contributed by atoms with van der Waals surface area (Å²) in [6, 6.07) is 18.6. The van der Waals surface area contributed by atoms with Gasteiger partial charge in [-0.25, -0.2) is 0 Å². The Morgan fingerprint density at radius 1 is 1.12 bits per heavy atom. The van der Waals surface area contributed by atoms with Crippen molar-refractivity contribution in [2.24, 2.45) is 5.92 Å². The van der Waals surface area contributed by atoms with Crippen molar-refractivity contribution in [3.63, 3.8) is 0 Å². The zero-order chi connectivity index (χ0) is 17.5. The highest BCUT2D eigenvalue weighted by atomic mass is 16.5. The topological polar surface area (TPSA) is 21.3 Å². The first-order chi connectivity index (χ1) is 12.2.